The summed E-state index contributed by atoms with van der Waals surface area (Å²) in [6.07, 6.45) is 4.40. The number of carbonyl (C=O) groups excluding carboxylic acids is 2. The first-order valence-corrected chi connectivity index (χ1v) is 10.2. The van der Waals surface area contributed by atoms with Gasteiger partial charge in [0.2, 0.25) is 11.8 Å². The number of hydrogen-bond donors (Lipinski definition) is 2. The number of nitrogens with one attached hydrogen (secondary N) is 1. The van der Waals surface area contributed by atoms with Crippen LogP contribution in [0.4, 0.5) is 0 Å². The summed E-state index contributed by atoms with van der Waals surface area (Å²) in [5, 5.41) is 9.23. The molecule has 2 fully saturated rings. The maximum atomic E-state index is 12.8. The molecule has 2 aliphatic rings. The zero-order chi connectivity index (χ0) is 19.6. The lowest BCUT2D eigenvalue weighted by Crippen LogP contribution is -2.55. The fourth-order valence-corrected chi connectivity index (χ4v) is 4.69. The second-order valence-corrected chi connectivity index (χ2v) is 8.16. The quantitative estimate of drug-likeness (QED) is 0.821. The number of aliphatic hydroxyl groups excluding tert-OH is 1. The number of aromatic amines is 1. The predicted octanol–water partition coefficient (Wildman–Crippen LogP) is 1.72. The number of piperidine rings is 2. The van der Waals surface area contributed by atoms with Crippen molar-refractivity contribution in [1.82, 2.24) is 19.8 Å². The van der Waals surface area contributed by atoms with Crippen LogP contribution >= 0.6 is 0 Å². The van der Waals surface area contributed by atoms with E-state index >= 15 is 0 Å². The second-order valence-electron chi connectivity index (χ2n) is 8.16. The summed E-state index contributed by atoms with van der Waals surface area (Å²) in [4.78, 5) is 36.5. The van der Waals surface area contributed by atoms with Gasteiger partial charge in [0.05, 0.1) is 17.6 Å². The molecule has 2 N–H and O–H groups in total. The van der Waals surface area contributed by atoms with Crippen molar-refractivity contribution in [1.29, 1.82) is 0 Å². The van der Waals surface area contributed by atoms with Crippen LogP contribution in [0, 0.1) is 5.41 Å². The number of hydrogen-bond acceptors (Lipinski definition) is 4. The summed E-state index contributed by atoms with van der Waals surface area (Å²) in [5.74, 6) is 1.12. The number of amides is 2. The SMILES string of the molecule is O=C1CC[C@]2(CCCN(C(=O)CCc3nc4ccccc4[nH]3)C2)CN1CCO. The van der Waals surface area contributed by atoms with E-state index in [0.29, 0.717) is 38.9 Å². The molecule has 3 heterocycles. The maximum absolute atomic E-state index is 12.8. The van der Waals surface area contributed by atoms with Gasteiger partial charge in [-0.25, -0.2) is 4.98 Å². The molecule has 7 heteroatoms. The van der Waals surface area contributed by atoms with Crippen LogP contribution in [0.25, 0.3) is 11.0 Å². The van der Waals surface area contributed by atoms with Crippen molar-refractivity contribution >= 4 is 22.8 Å². The number of para-hydroxylation sites is 2. The Labute approximate surface area is 164 Å². The van der Waals surface area contributed by atoms with Gasteiger partial charge in [-0.2, -0.15) is 0 Å². The molecular formula is C21H28N4O3. The molecule has 150 valence electrons. The Bertz CT molecular complexity index is 831. The van der Waals surface area contributed by atoms with Crippen LogP contribution in [-0.4, -0.2) is 69.5 Å². The Morgan fingerprint density at radius 2 is 2.11 bits per heavy atom. The number of benzene rings is 1. The minimum Gasteiger partial charge on any atom is -0.395 e. The monoisotopic (exact) mass is 384 g/mol. The molecule has 2 aromatic rings. The van der Waals surface area contributed by atoms with Crippen molar-refractivity contribution in [3.63, 3.8) is 0 Å². The van der Waals surface area contributed by atoms with E-state index in [0.717, 1.165) is 42.7 Å². The molecule has 1 aromatic heterocycles. The Kier molecular flexibility index (Phi) is 5.35. The van der Waals surface area contributed by atoms with Gasteiger partial charge in [0.1, 0.15) is 5.82 Å². The number of nitrogens with zero attached hydrogens (tertiary/aromatic N) is 3. The summed E-state index contributed by atoms with van der Waals surface area (Å²) in [6.45, 7) is 2.53. The van der Waals surface area contributed by atoms with Crippen LogP contribution in [-0.2, 0) is 16.0 Å². The van der Waals surface area contributed by atoms with Crippen LogP contribution in [0.5, 0.6) is 0 Å². The number of fused-ring (bicyclic) bond motifs is 1. The number of rotatable bonds is 5. The third-order valence-electron chi connectivity index (χ3n) is 6.15. The van der Waals surface area contributed by atoms with E-state index in [9.17, 15) is 14.7 Å². The Morgan fingerprint density at radius 3 is 2.93 bits per heavy atom. The van der Waals surface area contributed by atoms with Crippen molar-refractivity contribution in [3.05, 3.63) is 30.1 Å². The average Bonchev–Trinajstić information content (AvgIpc) is 3.12. The number of likely N-dealkylation sites (tertiary alicyclic amines) is 2. The number of aromatic nitrogens is 2. The normalized spacial score (nSPS) is 23.0. The minimum atomic E-state index is -0.0175. The van der Waals surface area contributed by atoms with Gasteiger partial charge in [0.15, 0.2) is 0 Å². The molecule has 1 aromatic carbocycles. The van der Waals surface area contributed by atoms with Crippen LogP contribution in [0.2, 0.25) is 0 Å². The molecule has 4 rings (SSSR count). The third-order valence-corrected chi connectivity index (χ3v) is 6.15. The maximum Gasteiger partial charge on any atom is 0.223 e. The van der Waals surface area contributed by atoms with Gasteiger partial charge < -0.3 is 19.9 Å². The summed E-state index contributed by atoms with van der Waals surface area (Å²) in [6, 6.07) is 7.89. The van der Waals surface area contributed by atoms with Gasteiger partial charge in [-0.3, -0.25) is 9.59 Å². The van der Waals surface area contributed by atoms with Crippen LogP contribution < -0.4 is 0 Å². The minimum absolute atomic E-state index is 0.0119. The second kappa shape index (κ2) is 7.91. The molecule has 28 heavy (non-hydrogen) atoms. The van der Waals surface area contributed by atoms with E-state index < -0.39 is 0 Å². The van der Waals surface area contributed by atoms with Crippen molar-refractivity contribution in [2.75, 3.05) is 32.8 Å². The van der Waals surface area contributed by atoms with Gasteiger partial charge in [-0.05, 0) is 31.4 Å². The number of imidazole rings is 1. The van der Waals surface area contributed by atoms with E-state index in [1.54, 1.807) is 4.90 Å². The number of β-amino-alcohol motifs (C(OH)–C–C–N with tert-alkyl or cyclic N) is 1. The van der Waals surface area contributed by atoms with E-state index in [1.165, 1.54) is 0 Å². The topological polar surface area (TPSA) is 89.5 Å². The number of carbonyl (C=O) groups is 2. The molecule has 2 saturated heterocycles. The first kappa shape index (κ1) is 18.9. The van der Waals surface area contributed by atoms with Crippen molar-refractivity contribution in [2.24, 2.45) is 5.41 Å². The van der Waals surface area contributed by atoms with Gasteiger partial charge in [0, 0.05) is 50.9 Å². The molecular weight excluding hydrogens is 356 g/mol. The highest BCUT2D eigenvalue weighted by Gasteiger charge is 2.42. The molecule has 1 spiro atoms. The fourth-order valence-electron chi connectivity index (χ4n) is 4.69. The first-order chi connectivity index (χ1) is 13.6. The predicted molar refractivity (Wildman–Crippen MR) is 106 cm³/mol. The summed E-state index contributed by atoms with van der Waals surface area (Å²) < 4.78 is 0. The average molecular weight is 384 g/mol. The lowest BCUT2D eigenvalue weighted by atomic mass is 9.73. The van der Waals surface area contributed by atoms with E-state index in [2.05, 4.69) is 9.97 Å². The number of aryl methyl sites for hydroxylation is 1. The summed E-state index contributed by atoms with van der Waals surface area (Å²) in [7, 11) is 0. The highest BCUT2D eigenvalue weighted by molar-refractivity contribution is 5.78. The van der Waals surface area contributed by atoms with Crippen molar-refractivity contribution < 1.29 is 14.7 Å². The standard InChI is InChI=1S/C21H28N4O3/c26-13-12-25-15-21(10-8-20(25)28)9-3-11-24(14-21)19(27)7-6-18-22-16-4-1-2-5-17(16)23-18/h1-2,4-5,26H,3,6-15H2,(H,22,23)/t21-/m0/s1. The van der Waals surface area contributed by atoms with Crippen molar-refractivity contribution in [2.45, 2.75) is 38.5 Å². The highest BCUT2D eigenvalue weighted by atomic mass is 16.3. The molecule has 0 radical (unpaired) electrons. The van der Waals surface area contributed by atoms with Crippen LogP contribution in [0.15, 0.2) is 24.3 Å². The molecule has 0 unspecified atom stereocenters. The van der Waals surface area contributed by atoms with E-state index in [-0.39, 0.29) is 23.8 Å². The largest absolute Gasteiger partial charge is 0.395 e. The molecule has 7 nitrogen and oxygen atoms in total. The molecule has 0 bridgehead atoms. The molecule has 0 saturated carbocycles. The lowest BCUT2D eigenvalue weighted by Gasteiger charge is -2.48. The Hall–Kier alpha value is -2.41. The third kappa shape index (κ3) is 3.90. The van der Waals surface area contributed by atoms with Crippen molar-refractivity contribution in [3.8, 4) is 0 Å². The van der Waals surface area contributed by atoms with Crippen LogP contribution in [0.1, 0.15) is 37.9 Å². The highest BCUT2D eigenvalue weighted by Crippen LogP contribution is 2.39. The smallest absolute Gasteiger partial charge is 0.223 e. The first-order valence-electron chi connectivity index (χ1n) is 10.2. The fraction of sp³-hybridized carbons (Fsp3) is 0.571. The lowest BCUT2D eigenvalue weighted by molar-refractivity contribution is -0.143. The van der Waals surface area contributed by atoms with Gasteiger partial charge >= 0.3 is 0 Å². The van der Waals surface area contributed by atoms with Gasteiger partial charge in [-0.15, -0.1) is 0 Å². The summed E-state index contributed by atoms with van der Waals surface area (Å²) in [5.41, 5.74) is 1.91. The number of aliphatic hydroxyl groups is 1. The zero-order valence-electron chi connectivity index (χ0n) is 16.2. The Balaban J connectivity index is 1.37. The molecule has 2 aliphatic heterocycles. The van der Waals surface area contributed by atoms with E-state index in [1.807, 2.05) is 29.2 Å². The molecule has 0 aliphatic carbocycles. The van der Waals surface area contributed by atoms with E-state index in [4.69, 9.17) is 0 Å². The zero-order valence-corrected chi connectivity index (χ0v) is 16.2. The van der Waals surface area contributed by atoms with Crippen LogP contribution in [0.3, 0.4) is 0 Å². The molecule has 2 amide bonds. The summed E-state index contributed by atoms with van der Waals surface area (Å²) >= 11 is 0. The van der Waals surface area contributed by atoms with Gasteiger partial charge in [-0.1, -0.05) is 12.1 Å². The van der Waals surface area contributed by atoms with Gasteiger partial charge in [0.25, 0.3) is 0 Å². The number of H-pyrrole nitrogens is 1. The Morgan fingerprint density at radius 1 is 1.25 bits per heavy atom. The molecule has 1 atom stereocenters.